The number of benzene rings is 1. The molecule has 9 heteroatoms. The number of hydrogen-bond donors (Lipinski definition) is 3. The number of ether oxygens (including phenoxy) is 2. The highest BCUT2D eigenvalue weighted by Gasteiger charge is 2.34. The Labute approximate surface area is 169 Å². The van der Waals surface area contributed by atoms with Crippen molar-refractivity contribution in [3.63, 3.8) is 0 Å². The number of alkyl halides is 3. The maximum atomic E-state index is 12.2. The molecule has 164 valence electrons. The first-order valence-electron chi connectivity index (χ1n) is 9.79. The molecule has 1 fully saturated rings. The Morgan fingerprint density at radius 1 is 1.31 bits per heavy atom. The van der Waals surface area contributed by atoms with Gasteiger partial charge in [-0.15, -0.1) is 0 Å². The summed E-state index contributed by atoms with van der Waals surface area (Å²) in [5.74, 6) is 0.649. The molecule has 0 aromatic heterocycles. The summed E-state index contributed by atoms with van der Waals surface area (Å²) in [5, 5.41) is 15.9. The number of nitrogens with one attached hydrogen (secondary N) is 2. The predicted molar refractivity (Wildman–Crippen MR) is 105 cm³/mol. The van der Waals surface area contributed by atoms with Crippen LogP contribution in [0.3, 0.4) is 0 Å². The number of guanidine groups is 1. The van der Waals surface area contributed by atoms with Gasteiger partial charge in [0.15, 0.2) is 5.96 Å². The highest BCUT2D eigenvalue weighted by molar-refractivity contribution is 5.79. The molecular formula is C20H30F3N3O3. The minimum Gasteiger partial charge on any atom is -0.396 e. The van der Waals surface area contributed by atoms with Crippen LogP contribution in [0.2, 0.25) is 0 Å². The molecule has 6 nitrogen and oxygen atoms in total. The Balaban J connectivity index is 1.92. The second kappa shape index (κ2) is 11.4. The number of rotatable bonds is 10. The lowest BCUT2D eigenvalue weighted by Gasteiger charge is -2.27. The quantitative estimate of drug-likeness (QED) is 0.403. The first-order valence-corrected chi connectivity index (χ1v) is 9.79. The molecular weight excluding hydrogens is 387 g/mol. The van der Waals surface area contributed by atoms with E-state index in [0.29, 0.717) is 50.8 Å². The Bertz CT molecular complexity index is 647. The van der Waals surface area contributed by atoms with E-state index in [0.717, 1.165) is 12.0 Å². The summed E-state index contributed by atoms with van der Waals surface area (Å²) in [6.07, 6.45) is -2.77. The van der Waals surface area contributed by atoms with Gasteiger partial charge in [-0.3, -0.25) is 0 Å². The number of nitrogens with zero attached hydrogens (tertiary/aromatic N) is 1. The van der Waals surface area contributed by atoms with Crippen LogP contribution >= 0.6 is 0 Å². The molecule has 1 aliphatic heterocycles. The third-order valence-corrected chi connectivity index (χ3v) is 4.75. The maximum absolute atomic E-state index is 12.2. The van der Waals surface area contributed by atoms with E-state index in [-0.39, 0.29) is 18.6 Å². The van der Waals surface area contributed by atoms with Gasteiger partial charge in [0.2, 0.25) is 0 Å². The van der Waals surface area contributed by atoms with Gasteiger partial charge in [0, 0.05) is 31.7 Å². The molecule has 0 bridgehead atoms. The maximum Gasteiger partial charge on any atom is 0.411 e. The number of halogens is 3. The first-order chi connectivity index (χ1) is 13.9. The molecule has 1 unspecified atom stereocenters. The van der Waals surface area contributed by atoms with Crippen LogP contribution in [0.25, 0.3) is 0 Å². The van der Waals surface area contributed by atoms with E-state index in [1.54, 1.807) is 18.2 Å². The molecule has 29 heavy (non-hydrogen) atoms. The molecule has 0 amide bonds. The van der Waals surface area contributed by atoms with Crippen molar-refractivity contribution in [3.8, 4) is 0 Å². The number of aliphatic imine (C=N–C) groups is 1. The second-order valence-electron chi connectivity index (χ2n) is 7.25. The minimum absolute atomic E-state index is 0.0965. The topological polar surface area (TPSA) is 75.1 Å². The van der Waals surface area contributed by atoms with Gasteiger partial charge >= 0.3 is 6.18 Å². The molecule has 2 rings (SSSR count). The fourth-order valence-corrected chi connectivity index (χ4v) is 3.20. The van der Waals surface area contributed by atoms with Crippen LogP contribution in [0.4, 0.5) is 13.2 Å². The Morgan fingerprint density at radius 3 is 2.76 bits per heavy atom. The standard InChI is InChI=1S/C20H30F3N3O3/c1-2-24-18(26-13-19(6-8-27)7-9-28-14-19)25-11-16-4-3-5-17(10-16)12-29-15-20(21,22)23/h3-5,10,27H,2,6-9,11-15H2,1H3,(H2,24,25,26). The van der Waals surface area contributed by atoms with Crippen LogP contribution in [-0.4, -0.2) is 56.8 Å². The van der Waals surface area contributed by atoms with Crippen molar-refractivity contribution in [1.29, 1.82) is 0 Å². The predicted octanol–water partition coefficient (Wildman–Crippen LogP) is 2.61. The van der Waals surface area contributed by atoms with Crippen LogP contribution in [0.5, 0.6) is 0 Å². The number of hydrogen-bond acceptors (Lipinski definition) is 4. The molecule has 1 aromatic rings. The highest BCUT2D eigenvalue weighted by Crippen LogP contribution is 2.31. The summed E-state index contributed by atoms with van der Waals surface area (Å²) in [5.41, 5.74) is 1.45. The van der Waals surface area contributed by atoms with Crippen LogP contribution < -0.4 is 10.6 Å². The fraction of sp³-hybridized carbons (Fsp3) is 0.650. The Kier molecular flexibility index (Phi) is 9.19. The van der Waals surface area contributed by atoms with Crippen LogP contribution in [0, 0.1) is 5.41 Å². The van der Waals surface area contributed by atoms with E-state index in [2.05, 4.69) is 15.6 Å². The lowest BCUT2D eigenvalue weighted by atomic mass is 9.84. The van der Waals surface area contributed by atoms with Crippen molar-refractivity contribution in [1.82, 2.24) is 10.6 Å². The average Bonchev–Trinajstić information content (AvgIpc) is 3.12. The monoisotopic (exact) mass is 417 g/mol. The normalized spacial score (nSPS) is 20.1. The van der Waals surface area contributed by atoms with E-state index in [1.807, 2.05) is 13.0 Å². The van der Waals surface area contributed by atoms with E-state index in [1.165, 1.54) is 0 Å². The van der Waals surface area contributed by atoms with Gasteiger partial charge in [-0.1, -0.05) is 24.3 Å². The minimum atomic E-state index is -4.33. The lowest BCUT2D eigenvalue weighted by molar-refractivity contribution is -0.176. The number of aliphatic hydroxyl groups is 1. The molecule has 0 aliphatic carbocycles. The average molecular weight is 417 g/mol. The third kappa shape index (κ3) is 8.59. The SMILES string of the molecule is CCNC(=NCc1cccc(COCC(F)(F)F)c1)NCC1(CCO)CCOC1. The summed E-state index contributed by atoms with van der Waals surface area (Å²) >= 11 is 0. The fourth-order valence-electron chi connectivity index (χ4n) is 3.20. The van der Waals surface area contributed by atoms with Gasteiger partial charge in [-0.25, -0.2) is 4.99 Å². The lowest BCUT2D eigenvalue weighted by Crippen LogP contribution is -2.44. The van der Waals surface area contributed by atoms with Crippen molar-refractivity contribution >= 4 is 5.96 Å². The molecule has 1 aliphatic rings. The molecule has 0 radical (unpaired) electrons. The van der Waals surface area contributed by atoms with E-state index in [4.69, 9.17) is 9.47 Å². The Hall–Kier alpha value is -1.84. The summed E-state index contributed by atoms with van der Waals surface area (Å²) in [6.45, 7) is 3.75. The summed E-state index contributed by atoms with van der Waals surface area (Å²) in [7, 11) is 0. The zero-order valence-electron chi connectivity index (χ0n) is 16.7. The third-order valence-electron chi connectivity index (χ3n) is 4.75. The van der Waals surface area contributed by atoms with Crippen molar-refractivity contribution in [2.75, 3.05) is 39.5 Å². The zero-order valence-corrected chi connectivity index (χ0v) is 16.7. The molecule has 1 saturated heterocycles. The van der Waals surface area contributed by atoms with Gasteiger partial charge < -0.3 is 25.2 Å². The van der Waals surface area contributed by atoms with E-state index in [9.17, 15) is 18.3 Å². The smallest absolute Gasteiger partial charge is 0.396 e. The second-order valence-corrected chi connectivity index (χ2v) is 7.25. The molecule has 1 heterocycles. The molecule has 1 aromatic carbocycles. The zero-order chi connectivity index (χ0) is 21.2. The Morgan fingerprint density at radius 2 is 2.10 bits per heavy atom. The summed E-state index contributed by atoms with van der Waals surface area (Å²) in [6, 6.07) is 7.18. The van der Waals surface area contributed by atoms with Crippen molar-refractivity contribution in [2.24, 2.45) is 10.4 Å². The largest absolute Gasteiger partial charge is 0.411 e. The molecule has 1 atom stereocenters. The summed E-state index contributed by atoms with van der Waals surface area (Å²) < 4.78 is 46.8. The van der Waals surface area contributed by atoms with Gasteiger partial charge in [0.05, 0.1) is 19.8 Å². The van der Waals surface area contributed by atoms with Crippen LogP contribution in [0.15, 0.2) is 29.3 Å². The van der Waals surface area contributed by atoms with Crippen molar-refractivity contribution in [2.45, 2.75) is 39.1 Å². The number of aliphatic hydroxyl groups excluding tert-OH is 1. The van der Waals surface area contributed by atoms with E-state index < -0.39 is 12.8 Å². The van der Waals surface area contributed by atoms with Gasteiger partial charge in [0.25, 0.3) is 0 Å². The molecule has 0 spiro atoms. The molecule has 3 N–H and O–H groups in total. The van der Waals surface area contributed by atoms with Gasteiger partial charge in [-0.2, -0.15) is 13.2 Å². The van der Waals surface area contributed by atoms with Crippen molar-refractivity contribution < 1.29 is 27.8 Å². The summed E-state index contributed by atoms with van der Waals surface area (Å²) in [4.78, 5) is 4.57. The van der Waals surface area contributed by atoms with Crippen LogP contribution in [0.1, 0.15) is 30.9 Å². The van der Waals surface area contributed by atoms with Crippen LogP contribution in [-0.2, 0) is 22.6 Å². The van der Waals surface area contributed by atoms with Gasteiger partial charge in [-0.05, 0) is 30.9 Å². The van der Waals surface area contributed by atoms with Gasteiger partial charge in [0.1, 0.15) is 6.61 Å². The molecule has 0 saturated carbocycles. The highest BCUT2D eigenvalue weighted by atomic mass is 19.4. The first kappa shape index (κ1) is 23.4. The van der Waals surface area contributed by atoms with E-state index >= 15 is 0 Å². The van der Waals surface area contributed by atoms with Crippen molar-refractivity contribution in [3.05, 3.63) is 35.4 Å².